The predicted molar refractivity (Wildman–Crippen MR) is 95.7 cm³/mol. The summed E-state index contributed by atoms with van der Waals surface area (Å²) in [5, 5.41) is 12.3. The van der Waals surface area contributed by atoms with Gasteiger partial charge in [-0.3, -0.25) is 4.98 Å². The van der Waals surface area contributed by atoms with Gasteiger partial charge in [0.2, 0.25) is 0 Å². The molecular weight excluding hydrogens is 354 g/mol. The molecule has 1 heterocycles. The van der Waals surface area contributed by atoms with Gasteiger partial charge in [-0.05, 0) is 59.5 Å². The van der Waals surface area contributed by atoms with Gasteiger partial charge in [-0.25, -0.2) is 0 Å². The largest absolute Gasteiger partial charge is 0.491 e. The van der Waals surface area contributed by atoms with Crippen LogP contribution in [0.3, 0.4) is 0 Å². The van der Waals surface area contributed by atoms with E-state index in [2.05, 4.69) is 27.0 Å². The number of halogens is 1. The first-order valence-electron chi connectivity index (χ1n) is 7.60. The summed E-state index contributed by atoms with van der Waals surface area (Å²) in [7, 11) is 0. The molecule has 118 valence electrons. The average molecular weight is 372 g/mol. The molecular formula is C19H18BrNO2. The van der Waals surface area contributed by atoms with Gasteiger partial charge < -0.3 is 9.84 Å². The van der Waals surface area contributed by atoms with Crippen LogP contribution in [0.25, 0.3) is 10.8 Å². The fourth-order valence-corrected chi connectivity index (χ4v) is 2.82. The molecule has 1 aromatic heterocycles. The fraction of sp³-hybridized carbons (Fsp3) is 0.211. The van der Waals surface area contributed by atoms with Crippen molar-refractivity contribution in [3.63, 3.8) is 0 Å². The summed E-state index contributed by atoms with van der Waals surface area (Å²) in [4.78, 5) is 4.08. The lowest BCUT2D eigenvalue weighted by molar-refractivity contribution is 0.100. The maximum absolute atomic E-state index is 10.1. The van der Waals surface area contributed by atoms with Crippen molar-refractivity contribution in [2.45, 2.75) is 18.9 Å². The first kappa shape index (κ1) is 16.0. The Morgan fingerprint density at radius 2 is 1.91 bits per heavy atom. The van der Waals surface area contributed by atoms with Crippen LogP contribution in [0.4, 0.5) is 0 Å². The molecule has 4 heteroatoms. The van der Waals surface area contributed by atoms with Gasteiger partial charge in [-0.1, -0.05) is 34.1 Å². The molecule has 1 atom stereocenters. The van der Waals surface area contributed by atoms with Crippen molar-refractivity contribution in [1.29, 1.82) is 0 Å². The van der Waals surface area contributed by atoms with Crippen molar-refractivity contribution in [2.24, 2.45) is 0 Å². The third-order valence-corrected chi connectivity index (χ3v) is 4.20. The number of pyridine rings is 1. The maximum Gasteiger partial charge on any atom is 0.120 e. The normalized spacial score (nSPS) is 12.3. The number of benzene rings is 2. The van der Waals surface area contributed by atoms with E-state index < -0.39 is 6.10 Å². The first-order valence-corrected chi connectivity index (χ1v) is 8.39. The van der Waals surface area contributed by atoms with Crippen LogP contribution < -0.4 is 4.74 Å². The van der Waals surface area contributed by atoms with Gasteiger partial charge in [-0.2, -0.15) is 0 Å². The van der Waals surface area contributed by atoms with Crippen LogP contribution in [0.2, 0.25) is 0 Å². The third-order valence-electron chi connectivity index (χ3n) is 3.71. The fourth-order valence-electron chi connectivity index (χ4n) is 2.44. The van der Waals surface area contributed by atoms with E-state index in [1.165, 1.54) is 0 Å². The van der Waals surface area contributed by atoms with Crippen molar-refractivity contribution < 1.29 is 9.84 Å². The quantitative estimate of drug-likeness (QED) is 0.699. The number of ether oxygens (including phenoxy) is 1. The molecule has 0 bridgehead atoms. The lowest BCUT2D eigenvalue weighted by Gasteiger charge is -2.13. The van der Waals surface area contributed by atoms with Gasteiger partial charge in [0.25, 0.3) is 0 Å². The van der Waals surface area contributed by atoms with E-state index in [0.29, 0.717) is 13.0 Å². The average Bonchev–Trinajstić information content (AvgIpc) is 2.59. The van der Waals surface area contributed by atoms with Gasteiger partial charge in [0.05, 0.1) is 6.10 Å². The van der Waals surface area contributed by atoms with Crippen LogP contribution >= 0.6 is 15.9 Å². The minimum Gasteiger partial charge on any atom is -0.491 e. The molecule has 0 radical (unpaired) electrons. The molecule has 3 nitrogen and oxygen atoms in total. The zero-order valence-corrected chi connectivity index (χ0v) is 14.2. The zero-order chi connectivity index (χ0) is 16.1. The number of hydrogen-bond donors (Lipinski definition) is 1. The third kappa shape index (κ3) is 4.53. The molecule has 0 saturated heterocycles. The van der Waals surface area contributed by atoms with Crippen LogP contribution in [0.15, 0.2) is 65.4 Å². The molecule has 3 rings (SSSR count). The van der Waals surface area contributed by atoms with Crippen molar-refractivity contribution in [2.75, 3.05) is 6.61 Å². The first-order chi connectivity index (χ1) is 11.2. The van der Waals surface area contributed by atoms with Gasteiger partial charge in [-0.15, -0.1) is 0 Å². The van der Waals surface area contributed by atoms with E-state index in [4.69, 9.17) is 4.74 Å². The Hall–Kier alpha value is -1.91. The number of hydrogen-bond acceptors (Lipinski definition) is 3. The van der Waals surface area contributed by atoms with E-state index >= 15 is 0 Å². The van der Waals surface area contributed by atoms with Crippen LogP contribution in [-0.2, 0) is 6.42 Å². The molecule has 2 aromatic carbocycles. The van der Waals surface area contributed by atoms with Crippen LogP contribution in [0, 0.1) is 0 Å². The van der Waals surface area contributed by atoms with Gasteiger partial charge in [0.15, 0.2) is 0 Å². The Bertz CT molecular complexity index is 777. The molecule has 0 saturated carbocycles. The van der Waals surface area contributed by atoms with Crippen LogP contribution in [0.5, 0.6) is 5.75 Å². The highest BCUT2D eigenvalue weighted by Gasteiger charge is 2.07. The highest BCUT2D eigenvalue weighted by atomic mass is 79.9. The van der Waals surface area contributed by atoms with Crippen molar-refractivity contribution in [3.8, 4) is 5.75 Å². The second-order valence-corrected chi connectivity index (χ2v) is 6.43. The molecule has 3 aromatic rings. The molecule has 0 spiro atoms. The number of fused-ring (bicyclic) bond motifs is 1. The summed E-state index contributed by atoms with van der Waals surface area (Å²) in [6.45, 7) is 0.294. The molecule has 0 fully saturated rings. The van der Waals surface area contributed by atoms with E-state index in [-0.39, 0.29) is 0 Å². The van der Waals surface area contributed by atoms with Crippen LogP contribution in [0.1, 0.15) is 12.0 Å². The van der Waals surface area contributed by atoms with E-state index in [0.717, 1.165) is 33.0 Å². The van der Waals surface area contributed by atoms with Gasteiger partial charge in [0.1, 0.15) is 12.4 Å². The number of rotatable bonds is 6. The number of aliphatic hydroxyl groups is 1. The Labute approximate surface area is 144 Å². The summed E-state index contributed by atoms with van der Waals surface area (Å²) < 4.78 is 6.78. The smallest absolute Gasteiger partial charge is 0.120 e. The standard InChI is InChI=1S/C19H18BrNO2/c20-17-6-4-16-11-19(8-5-15(16)10-17)23-13-18(22)7-3-14-2-1-9-21-12-14/h1-2,4-6,8-12,18,22H,3,7,13H2/t18-/m1/s1. The second-order valence-electron chi connectivity index (χ2n) is 5.52. The topological polar surface area (TPSA) is 42.4 Å². The van der Waals surface area contributed by atoms with Gasteiger partial charge in [0, 0.05) is 16.9 Å². The lowest BCUT2D eigenvalue weighted by atomic mass is 10.1. The SMILES string of the molecule is O[C@H](CCc1cccnc1)COc1ccc2cc(Br)ccc2c1. The minimum atomic E-state index is -0.490. The number of aliphatic hydroxyl groups excluding tert-OH is 1. The second kappa shape index (κ2) is 7.57. The lowest BCUT2D eigenvalue weighted by Crippen LogP contribution is -2.18. The maximum atomic E-state index is 10.1. The van der Waals surface area contributed by atoms with E-state index in [1.807, 2.05) is 48.7 Å². The molecule has 0 unspecified atom stereocenters. The number of nitrogens with zero attached hydrogens (tertiary/aromatic N) is 1. The molecule has 23 heavy (non-hydrogen) atoms. The summed E-state index contributed by atoms with van der Waals surface area (Å²) in [5.74, 6) is 0.778. The predicted octanol–water partition coefficient (Wildman–Crippen LogP) is 4.37. The molecule has 0 aliphatic rings. The Balaban J connectivity index is 1.54. The Morgan fingerprint density at radius 3 is 2.74 bits per heavy atom. The Kier molecular flexibility index (Phi) is 5.26. The minimum absolute atomic E-state index is 0.294. The van der Waals surface area contributed by atoms with Crippen molar-refractivity contribution in [3.05, 3.63) is 71.0 Å². The Morgan fingerprint density at radius 1 is 1.09 bits per heavy atom. The highest BCUT2D eigenvalue weighted by molar-refractivity contribution is 9.10. The summed E-state index contributed by atoms with van der Waals surface area (Å²) in [5.41, 5.74) is 1.13. The summed E-state index contributed by atoms with van der Waals surface area (Å²) >= 11 is 3.47. The summed E-state index contributed by atoms with van der Waals surface area (Å²) in [6.07, 6.45) is 4.54. The molecule has 0 amide bonds. The molecule has 0 aliphatic heterocycles. The molecule has 1 N–H and O–H groups in total. The number of aromatic nitrogens is 1. The number of aryl methyl sites for hydroxylation is 1. The summed E-state index contributed by atoms with van der Waals surface area (Å²) in [6, 6.07) is 16.0. The van der Waals surface area contributed by atoms with E-state index in [1.54, 1.807) is 6.20 Å². The molecule has 0 aliphatic carbocycles. The van der Waals surface area contributed by atoms with E-state index in [9.17, 15) is 5.11 Å². The van der Waals surface area contributed by atoms with Crippen LogP contribution in [-0.4, -0.2) is 22.8 Å². The van der Waals surface area contributed by atoms with Crippen molar-refractivity contribution >= 4 is 26.7 Å². The highest BCUT2D eigenvalue weighted by Crippen LogP contribution is 2.24. The van der Waals surface area contributed by atoms with Crippen molar-refractivity contribution in [1.82, 2.24) is 4.98 Å². The zero-order valence-electron chi connectivity index (χ0n) is 12.7. The monoisotopic (exact) mass is 371 g/mol. The van der Waals surface area contributed by atoms with Gasteiger partial charge >= 0.3 is 0 Å².